The van der Waals surface area contributed by atoms with Crippen LogP contribution in [-0.2, 0) is 19.7 Å². The van der Waals surface area contributed by atoms with Gasteiger partial charge in [0.1, 0.15) is 18.2 Å². The van der Waals surface area contributed by atoms with Crippen LogP contribution in [0.25, 0.3) is 0 Å². The van der Waals surface area contributed by atoms with E-state index in [1.807, 2.05) is 12.1 Å². The fraction of sp³-hybridized carbons (Fsp3) is 0.136. The summed E-state index contributed by atoms with van der Waals surface area (Å²) in [7, 11) is 0. The fourth-order valence-electron chi connectivity index (χ4n) is 2.68. The van der Waals surface area contributed by atoms with Crippen molar-refractivity contribution in [2.45, 2.75) is 19.7 Å². The van der Waals surface area contributed by atoms with Crippen molar-refractivity contribution in [1.29, 1.82) is 0 Å². The number of aromatic carboxylic acids is 1. The summed E-state index contributed by atoms with van der Waals surface area (Å²) in [5, 5.41) is 12.9. The molecular formula is C22H20Cl2FNO3. The maximum Gasteiger partial charge on any atom is 0.335 e. The molecule has 0 aliphatic carbocycles. The van der Waals surface area contributed by atoms with Crippen molar-refractivity contribution in [3.8, 4) is 5.75 Å². The van der Waals surface area contributed by atoms with Gasteiger partial charge < -0.3 is 15.2 Å². The van der Waals surface area contributed by atoms with Gasteiger partial charge in [0.25, 0.3) is 0 Å². The van der Waals surface area contributed by atoms with Gasteiger partial charge in [-0.1, -0.05) is 35.9 Å². The standard InChI is InChI=1S/C22H19ClFNO3.ClH/c23-19-7-10-21(28-14-16-3-8-20(24)9-4-16)18(11-19)13-25-12-15-1-5-17(6-2-15)22(26)27;/h1-11,25H,12-14H2,(H,26,27);1H. The van der Waals surface area contributed by atoms with E-state index < -0.39 is 5.97 Å². The summed E-state index contributed by atoms with van der Waals surface area (Å²) in [4.78, 5) is 10.9. The predicted octanol–water partition coefficient (Wildman–Crippen LogP) is 5.47. The molecule has 0 atom stereocenters. The highest BCUT2D eigenvalue weighted by molar-refractivity contribution is 6.30. The largest absolute Gasteiger partial charge is 0.489 e. The highest BCUT2D eigenvalue weighted by atomic mass is 35.5. The highest BCUT2D eigenvalue weighted by Crippen LogP contribution is 2.24. The van der Waals surface area contributed by atoms with Crippen LogP contribution in [0.1, 0.15) is 27.0 Å². The molecule has 0 saturated carbocycles. The molecule has 152 valence electrons. The fourth-order valence-corrected chi connectivity index (χ4v) is 2.87. The molecule has 29 heavy (non-hydrogen) atoms. The van der Waals surface area contributed by atoms with Crippen molar-refractivity contribution < 1.29 is 19.0 Å². The summed E-state index contributed by atoms with van der Waals surface area (Å²) >= 11 is 6.11. The van der Waals surface area contributed by atoms with Gasteiger partial charge in [-0.15, -0.1) is 12.4 Å². The first-order valence-electron chi connectivity index (χ1n) is 8.70. The first kappa shape index (κ1) is 22.7. The number of benzene rings is 3. The molecule has 0 aliphatic heterocycles. The molecule has 3 aromatic carbocycles. The Bertz CT molecular complexity index is 947. The van der Waals surface area contributed by atoms with Gasteiger partial charge >= 0.3 is 5.97 Å². The van der Waals surface area contributed by atoms with Gasteiger partial charge in [-0.2, -0.15) is 0 Å². The average molecular weight is 436 g/mol. The number of nitrogens with one attached hydrogen (secondary N) is 1. The number of carboxylic acid groups (broad SMARTS) is 1. The first-order valence-corrected chi connectivity index (χ1v) is 9.07. The molecule has 0 bridgehead atoms. The zero-order valence-electron chi connectivity index (χ0n) is 15.4. The van der Waals surface area contributed by atoms with Crippen molar-refractivity contribution in [2.24, 2.45) is 0 Å². The molecule has 0 fully saturated rings. The summed E-state index contributed by atoms with van der Waals surface area (Å²) in [5.41, 5.74) is 3.00. The number of halogens is 3. The average Bonchev–Trinajstić information content (AvgIpc) is 2.69. The van der Waals surface area contributed by atoms with Crippen LogP contribution < -0.4 is 10.1 Å². The van der Waals surface area contributed by atoms with E-state index in [4.69, 9.17) is 21.4 Å². The van der Waals surface area contributed by atoms with Crippen molar-refractivity contribution in [3.63, 3.8) is 0 Å². The third-order valence-electron chi connectivity index (χ3n) is 4.18. The zero-order valence-corrected chi connectivity index (χ0v) is 17.0. The summed E-state index contributed by atoms with van der Waals surface area (Å²) in [6, 6.07) is 18.3. The molecule has 3 rings (SSSR count). The Labute approximate surface area is 179 Å². The normalized spacial score (nSPS) is 10.3. The number of hydrogen-bond donors (Lipinski definition) is 2. The molecule has 0 heterocycles. The molecule has 0 aliphatic rings. The predicted molar refractivity (Wildman–Crippen MR) is 113 cm³/mol. The monoisotopic (exact) mass is 435 g/mol. The molecule has 7 heteroatoms. The summed E-state index contributed by atoms with van der Waals surface area (Å²) < 4.78 is 18.9. The van der Waals surface area contributed by atoms with Crippen molar-refractivity contribution >= 4 is 30.0 Å². The van der Waals surface area contributed by atoms with E-state index in [0.717, 1.165) is 16.7 Å². The molecule has 3 aromatic rings. The van der Waals surface area contributed by atoms with Crippen LogP contribution in [0.5, 0.6) is 5.75 Å². The van der Waals surface area contributed by atoms with Gasteiger partial charge in [-0.05, 0) is 53.6 Å². The highest BCUT2D eigenvalue weighted by Gasteiger charge is 2.07. The maximum atomic E-state index is 13.0. The first-order chi connectivity index (χ1) is 13.5. The lowest BCUT2D eigenvalue weighted by atomic mass is 10.1. The third-order valence-corrected chi connectivity index (χ3v) is 4.41. The van der Waals surface area contributed by atoms with Crippen LogP contribution in [0.4, 0.5) is 4.39 Å². The molecule has 0 radical (unpaired) electrons. The van der Waals surface area contributed by atoms with Crippen LogP contribution in [0.2, 0.25) is 5.02 Å². The minimum absolute atomic E-state index is 0. The topological polar surface area (TPSA) is 58.6 Å². The van der Waals surface area contributed by atoms with Crippen LogP contribution in [-0.4, -0.2) is 11.1 Å². The number of ether oxygens (including phenoxy) is 1. The Kier molecular flexibility index (Phi) is 8.46. The van der Waals surface area contributed by atoms with Gasteiger partial charge in [0.05, 0.1) is 5.56 Å². The van der Waals surface area contributed by atoms with Crippen LogP contribution >= 0.6 is 24.0 Å². The minimum atomic E-state index is -0.943. The molecule has 2 N–H and O–H groups in total. The van der Waals surface area contributed by atoms with Crippen LogP contribution in [0.15, 0.2) is 66.7 Å². The van der Waals surface area contributed by atoms with E-state index in [2.05, 4.69) is 5.32 Å². The Balaban J connectivity index is 0.00000300. The SMILES string of the molecule is Cl.O=C(O)c1ccc(CNCc2cc(Cl)ccc2OCc2ccc(F)cc2)cc1. The Morgan fingerprint density at radius 3 is 2.28 bits per heavy atom. The third kappa shape index (κ3) is 6.75. The molecule has 0 aromatic heterocycles. The van der Waals surface area contributed by atoms with Gasteiger partial charge in [0, 0.05) is 23.7 Å². The van der Waals surface area contributed by atoms with E-state index >= 15 is 0 Å². The molecule has 0 spiro atoms. The second-order valence-electron chi connectivity index (χ2n) is 6.27. The second-order valence-corrected chi connectivity index (χ2v) is 6.71. The summed E-state index contributed by atoms with van der Waals surface area (Å²) in [5.74, 6) is -0.527. The summed E-state index contributed by atoms with van der Waals surface area (Å²) in [6.45, 7) is 1.43. The second kappa shape index (κ2) is 10.8. The number of carbonyl (C=O) groups is 1. The lowest BCUT2D eigenvalue weighted by Crippen LogP contribution is -2.14. The van der Waals surface area contributed by atoms with E-state index in [0.29, 0.717) is 30.5 Å². The van der Waals surface area contributed by atoms with Crippen molar-refractivity contribution in [1.82, 2.24) is 5.32 Å². The van der Waals surface area contributed by atoms with Gasteiger partial charge in [-0.25, -0.2) is 9.18 Å². The van der Waals surface area contributed by atoms with Crippen LogP contribution in [0, 0.1) is 5.82 Å². The quantitative estimate of drug-likeness (QED) is 0.492. The van der Waals surface area contributed by atoms with E-state index in [-0.39, 0.29) is 23.8 Å². The van der Waals surface area contributed by atoms with Gasteiger partial charge in [0.2, 0.25) is 0 Å². The molecule has 0 amide bonds. The molecule has 0 unspecified atom stereocenters. The van der Waals surface area contributed by atoms with Crippen LogP contribution in [0.3, 0.4) is 0 Å². The smallest absolute Gasteiger partial charge is 0.335 e. The van der Waals surface area contributed by atoms with E-state index in [1.54, 1.807) is 42.5 Å². The number of rotatable bonds is 8. The van der Waals surface area contributed by atoms with Gasteiger partial charge in [0.15, 0.2) is 0 Å². The lowest BCUT2D eigenvalue weighted by Gasteiger charge is -2.13. The summed E-state index contributed by atoms with van der Waals surface area (Å²) in [6.07, 6.45) is 0. The number of hydrogen-bond acceptors (Lipinski definition) is 3. The maximum absolute atomic E-state index is 13.0. The lowest BCUT2D eigenvalue weighted by molar-refractivity contribution is 0.0697. The van der Waals surface area contributed by atoms with Crippen molar-refractivity contribution in [3.05, 3.63) is 99.8 Å². The molecule has 0 saturated heterocycles. The van der Waals surface area contributed by atoms with Gasteiger partial charge in [-0.3, -0.25) is 0 Å². The zero-order chi connectivity index (χ0) is 19.9. The van der Waals surface area contributed by atoms with E-state index in [1.165, 1.54) is 12.1 Å². The molecule has 4 nitrogen and oxygen atoms in total. The van der Waals surface area contributed by atoms with E-state index in [9.17, 15) is 9.18 Å². The Hall–Kier alpha value is -2.60. The number of carboxylic acids is 1. The van der Waals surface area contributed by atoms with Crippen molar-refractivity contribution in [2.75, 3.05) is 0 Å². The Morgan fingerprint density at radius 1 is 0.966 bits per heavy atom. The molecular weight excluding hydrogens is 416 g/mol. The minimum Gasteiger partial charge on any atom is -0.489 e. The Morgan fingerprint density at radius 2 is 1.62 bits per heavy atom.